The van der Waals surface area contributed by atoms with Crippen LogP contribution in [0.2, 0.25) is 19.1 Å². The summed E-state index contributed by atoms with van der Waals surface area (Å²) in [6.45, 7) is 8.13. The predicted molar refractivity (Wildman–Crippen MR) is 96.3 cm³/mol. The number of rotatable bonds is 2. The Balaban J connectivity index is 1.82. The Morgan fingerprint density at radius 3 is 2.92 bits per heavy atom. The maximum absolute atomic E-state index is 14.3. The minimum Gasteiger partial charge on any atom is -0.349 e. The van der Waals surface area contributed by atoms with Gasteiger partial charge in [-0.2, -0.15) is 0 Å². The highest BCUT2D eigenvalue weighted by atomic mass is 28.3. The zero-order valence-corrected chi connectivity index (χ0v) is 15.7. The lowest BCUT2D eigenvalue weighted by molar-refractivity contribution is 0.0923. The fourth-order valence-electron chi connectivity index (χ4n) is 3.35. The van der Waals surface area contributed by atoms with E-state index in [-0.39, 0.29) is 17.9 Å². The van der Waals surface area contributed by atoms with Crippen molar-refractivity contribution in [3.05, 3.63) is 29.0 Å². The lowest BCUT2D eigenvalue weighted by atomic mass is 10.1. The van der Waals surface area contributed by atoms with Gasteiger partial charge in [0.1, 0.15) is 5.69 Å². The van der Waals surface area contributed by atoms with E-state index in [0.29, 0.717) is 27.9 Å². The Hall–Kier alpha value is -1.73. The normalized spacial score (nSPS) is 20.8. The second kappa shape index (κ2) is 6.29. The maximum atomic E-state index is 14.3. The first-order valence-corrected chi connectivity index (χ1v) is 11.9. The van der Waals surface area contributed by atoms with E-state index in [0.717, 1.165) is 19.0 Å². The highest BCUT2D eigenvalue weighted by molar-refractivity contribution is 6.77. The van der Waals surface area contributed by atoms with Crippen molar-refractivity contribution >= 4 is 24.9 Å². The number of pyridine rings is 1. The number of halogens is 1. The van der Waals surface area contributed by atoms with Gasteiger partial charge in [0.15, 0.2) is 5.82 Å². The zero-order valence-electron chi connectivity index (χ0n) is 14.7. The summed E-state index contributed by atoms with van der Waals surface area (Å²) in [6.07, 6.45) is 4.61. The van der Waals surface area contributed by atoms with Crippen molar-refractivity contribution in [2.24, 2.45) is 0 Å². The first kappa shape index (κ1) is 17.1. The zero-order chi connectivity index (χ0) is 17.5. The molecule has 0 saturated carbocycles. The number of nitrogens with one attached hydrogen (secondary N) is 3. The molecule has 5 nitrogen and oxygen atoms in total. The number of H-pyrrole nitrogens is 1. The maximum Gasteiger partial charge on any atom is 0.269 e. The number of carbonyl (C=O) groups is 1. The van der Waals surface area contributed by atoms with Crippen LogP contribution in [0.5, 0.6) is 0 Å². The average Bonchev–Trinajstić information content (AvgIpc) is 2.76. The summed E-state index contributed by atoms with van der Waals surface area (Å²) in [4.78, 5) is 19.7. The van der Waals surface area contributed by atoms with Crippen molar-refractivity contribution in [2.45, 2.75) is 52.0 Å². The van der Waals surface area contributed by atoms with E-state index >= 15 is 0 Å². The number of aromatic amines is 1. The van der Waals surface area contributed by atoms with Gasteiger partial charge < -0.3 is 15.6 Å². The van der Waals surface area contributed by atoms with Crippen LogP contribution < -0.4 is 10.6 Å². The van der Waals surface area contributed by atoms with Crippen molar-refractivity contribution in [3.8, 4) is 0 Å². The van der Waals surface area contributed by atoms with Gasteiger partial charge in [0.05, 0.1) is 31.6 Å². The van der Waals surface area contributed by atoms with Gasteiger partial charge in [0.2, 0.25) is 0 Å². The van der Waals surface area contributed by atoms with E-state index in [1.54, 1.807) is 20.0 Å². The SMILES string of the molecule is Cc1ncc2[nH]c(C(=O)NC3CCC[Si](C)(C)CN3)c(C)c2c1F. The molecule has 1 aliphatic heterocycles. The van der Waals surface area contributed by atoms with E-state index in [4.69, 9.17) is 0 Å². The van der Waals surface area contributed by atoms with Crippen molar-refractivity contribution in [3.63, 3.8) is 0 Å². The molecule has 1 unspecified atom stereocenters. The molecular weight excluding hydrogens is 323 g/mol. The number of hydrogen-bond donors (Lipinski definition) is 3. The molecule has 1 saturated heterocycles. The van der Waals surface area contributed by atoms with Gasteiger partial charge in [0.25, 0.3) is 5.91 Å². The highest BCUT2D eigenvalue weighted by Gasteiger charge is 2.27. The van der Waals surface area contributed by atoms with Crippen LogP contribution in [0.4, 0.5) is 4.39 Å². The van der Waals surface area contributed by atoms with Crippen molar-refractivity contribution in [1.29, 1.82) is 0 Å². The van der Waals surface area contributed by atoms with Crippen molar-refractivity contribution in [1.82, 2.24) is 20.6 Å². The number of amides is 1. The number of hydrogen-bond acceptors (Lipinski definition) is 3. The van der Waals surface area contributed by atoms with Crippen LogP contribution in [0.3, 0.4) is 0 Å². The standard InChI is InChI=1S/C17H25FN4OSi/c1-10-14-12(8-19-11(2)15(14)18)21-16(10)17(23)22-13-6-5-7-24(3,4)9-20-13/h8,13,20-21H,5-7,9H2,1-4H3,(H,22,23). The van der Waals surface area contributed by atoms with Crippen molar-refractivity contribution in [2.75, 3.05) is 6.17 Å². The molecule has 1 aliphatic rings. The second-order valence-corrected chi connectivity index (χ2v) is 12.7. The Labute approximate surface area is 142 Å². The summed E-state index contributed by atoms with van der Waals surface area (Å²) < 4.78 is 14.3. The third-order valence-corrected chi connectivity index (χ3v) is 7.78. The molecule has 1 amide bonds. The molecule has 0 aromatic carbocycles. The summed E-state index contributed by atoms with van der Waals surface area (Å²) in [6, 6.07) is 1.27. The van der Waals surface area contributed by atoms with Crippen LogP contribution >= 0.6 is 0 Å². The second-order valence-electron chi connectivity index (χ2n) is 7.53. The Kier molecular flexibility index (Phi) is 4.48. The fourth-order valence-corrected chi connectivity index (χ4v) is 5.49. The van der Waals surface area contributed by atoms with Crippen LogP contribution in [-0.2, 0) is 0 Å². The number of fused-ring (bicyclic) bond motifs is 1. The van der Waals surface area contributed by atoms with E-state index in [9.17, 15) is 9.18 Å². The molecule has 0 bridgehead atoms. The van der Waals surface area contributed by atoms with Crippen LogP contribution in [0.1, 0.15) is 34.6 Å². The van der Waals surface area contributed by atoms with Crippen LogP contribution in [0.15, 0.2) is 6.20 Å². The van der Waals surface area contributed by atoms with E-state index in [1.807, 2.05) is 0 Å². The third kappa shape index (κ3) is 3.23. The molecule has 7 heteroatoms. The van der Waals surface area contributed by atoms with E-state index in [2.05, 4.69) is 33.7 Å². The highest BCUT2D eigenvalue weighted by Crippen LogP contribution is 2.25. The van der Waals surface area contributed by atoms with Gasteiger partial charge in [-0.1, -0.05) is 25.6 Å². The molecular formula is C17H25FN4OSi. The summed E-state index contributed by atoms with van der Waals surface area (Å²) in [7, 11) is -1.19. The third-order valence-electron chi connectivity index (χ3n) is 4.91. The molecule has 0 spiro atoms. The summed E-state index contributed by atoms with van der Waals surface area (Å²) in [5.41, 5.74) is 1.95. The quantitative estimate of drug-likeness (QED) is 0.731. The van der Waals surface area contributed by atoms with Crippen LogP contribution in [-0.4, -0.2) is 36.3 Å². The summed E-state index contributed by atoms with van der Waals surface area (Å²) in [5, 5.41) is 6.98. The first-order valence-electron chi connectivity index (χ1n) is 8.46. The largest absolute Gasteiger partial charge is 0.349 e. The van der Waals surface area contributed by atoms with Gasteiger partial charge >= 0.3 is 0 Å². The van der Waals surface area contributed by atoms with Gasteiger partial charge in [-0.25, -0.2) is 4.39 Å². The van der Waals surface area contributed by atoms with Crippen LogP contribution in [0, 0.1) is 19.7 Å². The predicted octanol–water partition coefficient (Wildman–Crippen LogP) is 3.01. The molecule has 0 radical (unpaired) electrons. The lowest BCUT2D eigenvalue weighted by Gasteiger charge is -2.21. The molecule has 24 heavy (non-hydrogen) atoms. The molecule has 2 aromatic rings. The average molecular weight is 348 g/mol. The number of aromatic nitrogens is 2. The molecule has 1 atom stereocenters. The monoisotopic (exact) mass is 348 g/mol. The van der Waals surface area contributed by atoms with Gasteiger partial charge in [-0.3, -0.25) is 9.78 Å². The summed E-state index contributed by atoms with van der Waals surface area (Å²) in [5.74, 6) is -0.555. The summed E-state index contributed by atoms with van der Waals surface area (Å²) >= 11 is 0. The smallest absolute Gasteiger partial charge is 0.269 e. The minimum absolute atomic E-state index is 0.0257. The molecule has 2 aromatic heterocycles. The van der Waals surface area contributed by atoms with E-state index < -0.39 is 8.07 Å². The van der Waals surface area contributed by atoms with E-state index in [1.165, 1.54) is 6.04 Å². The molecule has 1 fully saturated rings. The number of aryl methyl sites for hydroxylation is 2. The lowest BCUT2D eigenvalue weighted by Crippen LogP contribution is -2.49. The minimum atomic E-state index is -1.19. The molecule has 3 rings (SSSR count). The molecule has 3 N–H and O–H groups in total. The number of nitrogens with zero attached hydrogens (tertiary/aromatic N) is 1. The van der Waals surface area contributed by atoms with Gasteiger partial charge in [0, 0.05) is 5.39 Å². The Morgan fingerprint density at radius 2 is 2.17 bits per heavy atom. The van der Waals surface area contributed by atoms with Gasteiger partial charge in [-0.05, 0) is 32.0 Å². The molecule has 0 aliphatic carbocycles. The topological polar surface area (TPSA) is 69.8 Å². The molecule has 130 valence electrons. The molecule has 3 heterocycles. The number of carbonyl (C=O) groups excluding carboxylic acids is 1. The fraction of sp³-hybridized carbons (Fsp3) is 0.529. The first-order chi connectivity index (χ1) is 11.3. The van der Waals surface area contributed by atoms with Crippen molar-refractivity contribution < 1.29 is 9.18 Å². The van der Waals surface area contributed by atoms with Crippen LogP contribution in [0.25, 0.3) is 10.9 Å². The Morgan fingerprint density at radius 1 is 1.42 bits per heavy atom. The Bertz CT molecular complexity index is 786. The van der Waals surface area contributed by atoms with Gasteiger partial charge in [-0.15, -0.1) is 0 Å².